The molecule has 0 amide bonds. The van der Waals surface area contributed by atoms with Gasteiger partial charge in [0, 0.05) is 37.6 Å². The molecule has 0 N–H and O–H groups in total. The number of rotatable bonds is 3. The van der Waals surface area contributed by atoms with Crippen LogP contribution in [0.1, 0.15) is 30.5 Å². The average molecular weight is 759 g/mol. The molecule has 1 aromatic heterocycles. The molecule has 12 rings (SSSR count). The van der Waals surface area contributed by atoms with Crippen LogP contribution in [-0.4, -0.2) is 4.57 Å². The summed E-state index contributed by atoms with van der Waals surface area (Å²) < 4.78 is 18.8. The van der Waals surface area contributed by atoms with Crippen molar-refractivity contribution in [2.45, 2.75) is 19.3 Å². The van der Waals surface area contributed by atoms with Gasteiger partial charge in [-0.2, -0.15) is 5.26 Å². The van der Waals surface area contributed by atoms with Gasteiger partial charge in [-0.3, -0.25) is 0 Å². The Morgan fingerprint density at radius 2 is 1.12 bits per heavy atom. The van der Waals surface area contributed by atoms with Crippen LogP contribution in [0.2, 0.25) is 0 Å². The van der Waals surface area contributed by atoms with E-state index in [2.05, 4.69) is 158 Å². The third kappa shape index (κ3) is 4.20. The van der Waals surface area contributed by atoms with Gasteiger partial charge in [0.05, 0.1) is 33.7 Å². The lowest BCUT2D eigenvalue weighted by Gasteiger charge is -2.24. The van der Waals surface area contributed by atoms with Gasteiger partial charge < -0.3 is 9.13 Å². The number of para-hydroxylation sites is 1. The predicted molar refractivity (Wildman–Crippen MR) is 242 cm³/mol. The van der Waals surface area contributed by atoms with Crippen LogP contribution in [0.15, 0.2) is 176 Å². The summed E-state index contributed by atoms with van der Waals surface area (Å²) in [6.07, 6.45) is 0. The average Bonchev–Trinajstić information content (AvgIpc) is 3.83. The van der Waals surface area contributed by atoms with Gasteiger partial charge in [-0.05, 0) is 79.5 Å². The Bertz CT molecular complexity index is 3470. The molecule has 1 unspecified atom stereocenters. The maximum absolute atomic E-state index is 16.3. The van der Waals surface area contributed by atoms with Crippen LogP contribution in [0.25, 0.3) is 82.4 Å². The third-order valence-electron chi connectivity index (χ3n) is 13.0. The first kappa shape index (κ1) is 33.2. The van der Waals surface area contributed by atoms with Crippen LogP contribution < -0.4 is 15.9 Å². The number of aromatic nitrogens is 1. The summed E-state index contributed by atoms with van der Waals surface area (Å²) in [5.74, 6) is 0. The van der Waals surface area contributed by atoms with Crippen LogP contribution in [0.3, 0.4) is 0 Å². The largest absolute Gasteiger partial charge is 0.309 e. The standard InChI is InChI=1S/C54H35N2OP/c1-54(2)46-30-33(32-55)24-26-36(46)37-27-25-34(31-47(37)54)50-40-18-6-8-20-42(40)51(43-21-9-7-19-41(43)50)56-48-22-12-10-16-38(48)44-28-29-45-39-17-11-13-23-49(39)58(57,53(45)52(44)56)35-14-4-3-5-15-35/h3-31H,1-2H3. The van der Waals surface area contributed by atoms with E-state index >= 15 is 4.57 Å². The van der Waals surface area contributed by atoms with Crippen molar-refractivity contribution in [3.63, 3.8) is 0 Å². The van der Waals surface area contributed by atoms with Crippen LogP contribution in [-0.2, 0) is 9.98 Å². The van der Waals surface area contributed by atoms with Gasteiger partial charge in [-0.25, -0.2) is 0 Å². The molecular formula is C54H35N2OP. The predicted octanol–water partition coefficient (Wildman–Crippen LogP) is 12.6. The molecule has 0 saturated carbocycles. The molecule has 0 spiro atoms. The van der Waals surface area contributed by atoms with E-state index in [1.807, 2.05) is 42.5 Å². The highest BCUT2D eigenvalue weighted by Crippen LogP contribution is 2.56. The van der Waals surface area contributed by atoms with E-state index in [-0.39, 0.29) is 5.41 Å². The van der Waals surface area contributed by atoms with Crippen molar-refractivity contribution < 1.29 is 4.57 Å². The molecule has 3 nitrogen and oxygen atoms in total. The van der Waals surface area contributed by atoms with E-state index in [1.54, 1.807) is 0 Å². The highest BCUT2D eigenvalue weighted by molar-refractivity contribution is 7.86. The molecular weight excluding hydrogens is 724 g/mol. The van der Waals surface area contributed by atoms with Crippen LogP contribution >= 0.6 is 7.14 Å². The zero-order valence-corrected chi connectivity index (χ0v) is 32.9. The molecule has 1 atom stereocenters. The molecule has 1 aliphatic heterocycles. The van der Waals surface area contributed by atoms with Crippen molar-refractivity contribution in [1.29, 1.82) is 5.26 Å². The molecule has 272 valence electrons. The van der Waals surface area contributed by atoms with Crippen molar-refractivity contribution in [3.8, 4) is 45.1 Å². The van der Waals surface area contributed by atoms with Gasteiger partial charge in [0.25, 0.3) is 0 Å². The zero-order chi connectivity index (χ0) is 38.9. The quantitative estimate of drug-likeness (QED) is 0.133. The number of hydrogen-bond acceptors (Lipinski definition) is 2. The number of hydrogen-bond donors (Lipinski definition) is 0. The van der Waals surface area contributed by atoms with Gasteiger partial charge >= 0.3 is 0 Å². The van der Waals surface area contributed by atoms with Crippen molar-refractivity contribution in [1.82, 2.24) is 4.57 Å². The van der Waals surface area contributed by atoms with Gasteiger partial charge in [-0.1, -0.05) is 166 Å². The molecule has 0 bridgehead atoms. The van der Waals surface area contributed by atoms with Crippen LogP contribution in [0, 0.1) is 11.3 Å². The summed E-state index contributed by atoms with van der Waals surface area (Å²) in [6, 6.07) is 64.5. The summed E-state index contributed by atoms with van der Waals surface area (Å²) in [7, 11) is -3.32. The highest BCUT2D eigenvalue weighted by atomic mass is 31.2. The van der Waals surface area contributed by atoms with E-state index < -0.39 is 7.14 Å². The highest BCUT2D eigenvalue weighted by Gasteiger charge is 2.43. The summed E-state index contributed by atoms with van der Waals surface area (Å²) >= 11 is 0. The van der Waals surface area contributed by atoms with Gasteiger partial charge in [0.2, 0.25) is 0 Å². The first-order chi connectivity index (χ1) is 28.4. The molecule has 0 radical (unpaired) electrons. The van der Waals surface area contributed by atoms with Gasteiger partial charge in [-0.15, -0.1) is 0 Å². The smallest absolute Gasteiger partial charge is 0.174 e. The minimum absolute atomic E-state index is 0.271. The lowest BCUT2D eigenvalue weighted by atomic mass is 9.80. The normalized spacial score (nSPS) is 16.0. The van der Waals surface area contributed by atoms with E-state index in [0.717, 1.165) is 81.6 Å². The topological polar surface area (TPSA) is 45.8 Å². The van der Waals surface area contributed by atoms with Gasteiger partial charge in [0.15, 0.2) is 7.14 Å². The maximum atomic E-state index is 16.3. The third-order valence-corrected chi connectivity index (χ3v) is 16.2. The molecule has 10 aromatic rings. The molecule has 0 fully saturated rings. The number of fused-ring (bicyclic) bond motifs is 12. The first-order valence-electron chi connectivity index (χ1n) is 19.9. The second-order valence-corrected chi connectivity index (χ2v) is 18.9. The summed E-state index contributed by atoms with van der Waals surface area (Å²) in [6.45, 7) is 4.55. The fourth-order valence-corrected chi connectivity index (χ4v) is 13.7. The zero-order valence-electron chi connectivity index (χ0n) is 32.0. The van der Waals surface area contributed by atoms with E-state index in [0.29, 0.717) is 5.56 Å². The Labute approximate surface area is 336 Å². The van der Waals surface area contributed by atoms with Crippen molar-refractivity contribution in [2.75, 3.05) is 0 Å². The van der Waals surface area contributed by atoms with E-state index in [4.69, 9.17) is 0 Å². The number of benzene rings is 9. The molecule has 1 aliphatic carbocycles. The SMILES string of the molecule is CC1(C)c2cc(C#N)ccc2-c2ccc(-c3c4ccccc4c(-n4c5ccccc5c5ccc6c(c54)P(=O)(c4ccccc4)c4ccccc4-6)c4ccccc34)cc21. The molecule has 2 heterocycles. The number of nitriles is 1. The number of nitrogens with zero attached hydrogens (tertiary/aromatic N) is 2. The second kappa shape index (κ2) is 11.8. The molecule has 0 saturated heterocycles. The summed E-state index contributed by atoms with van der Waals surface area (Å²) in [4.78, 5) is 0. The minimum atomic E-state index is -3.32. The van der Waals surface area contributed by atoms with Crippen molar-refractivity contribution in [3.05, 3.63) is 193 Å². The monoisotopic (exact) mass is 758 g/mol. The minimum Gasteiger partial charge on any atom is -0.309 e. The molecule has 4 heteroatoms. The maximum Gasteiger partial charge on any atom is 0.174 e. The Balaban J connectivity index is 1.20. The Hall–Kier alpha value is -6.98. The second-order valence-electron chi connectivity index (χ2n) is 16.2. The molecule has 2 aliphatic rings. The van der Waals surface area contributed by atoms with Gasteiger partial charge in [0.1, 0.15) is 0 Å². The van der Waals surface area contributed by atoms with E-state index in [1.165, 1.54) is 27.8 Å². The molecule has 58 heavy (non-hydrogen) atoms. The first-order valence-corrected chi connectivity index (χ1v) is 21.6. The Kier molecular flexibility index (Phi) is 6.74. The fourth-order valence-electron chi connectivity index (χ4n) is 10.4. The summed E-state index contributed by atoms with van der Waals surface area (Å²) in [5.41, 5.74) is 12.9. The lowest BCUT2D eigenvalue weighted by Crippen LogP contribution is -2.22. The summed E-state index contributed by atoms with van der Waals surface area (Å²) in [5, 5.41) is 19.2. The van der Waals surface area contributed by atoms with Crippen molar-refractivity contribution in [2.24, 2.45) is 0 Å². The Morgan fingerprint density at radius 1 is 0.534 bits per heavy atom. The van der Waals surface area contributed by atoms with Crippen LogP contribution in [0.4, 0.5) is 0 Å². The molecule has 9 aromatic carbocycles. The lowest BCUT2D eigenvalue weighted by molar-refractivity contribution is 0.593. The Morgan fingerprint density at radius 3 is 1.84 bits per heavy atom. The van der Waals surface area contributed by atoms with E-state index in [9.17, 15) is 5.26 Å². The fraction of sp³-hybridized carbons (Fsp3) is 0.0556. The van der Waals surface area contributed by atoms with Crippen molar-refractivity contribution >= 4 is 66.4 Å². The van der Waals surface area contributed by atoms with Crippen LogP contribution in [0.5, 0.6) is 0 Å².